The highest BCUT2D eigenvalue weighted by Crippen LogP contribution is 2.24. The zero-order chi connectivity index (χ0) is 15.6. The van der Waals surface area contributed by atoms with Gasteiger partial charge in [-0.05, 0) is 37.1 Å². The molecule has 2 rings (SSSR count). The van der Waals surface area contributed by atoms with E-state index in [0.717, 1.165) is 12.5 Å². The highest BCUT2D eigenvalue weighted by molar-refractivity contribution is 6.30. The number of carboxylic acid groups (broad SMARTS) is 1. The molecule has 21 heavy (non-hydrogen) atoms. The molecule has 0 aliphatic carbocycles. The molecule has 1 amide bonds. The minimum absolute atomic E-state index is 0.0115. The van der Waals surface area contributed by atoms with Crippen LogP contribution in [0.2, 0.25) is 5.02 Å². The second-order valence-electron chi connectivity index (χ2n) is 5.19. The lowest BCUT2D eigenvalue weighted by molar-refractivity contribution is -0.143. The minimum atomic E-state index is -0.939. The Hall–Kier alpha value is -1.66. The molecule has 2 unspecified atom stereocenters. The number of carbonyl (C=O) groups is 2. The maximum absolute atomic E-state index is 13.6. The minimum Gasteiger partial charge on any atom is -0.480 e. The number of halogens is 2. The number of aliphatic carboxylic acids is 1. The molecule has 1 saturated heterocycles. The van der Waals surface area contributed by atoms with Crippen LogP contribution in [-0.2, 0) is 9.59 Å². The molecule has 1 aromatic carbocycles. The standard InChI is InChI=1S/C14H16ClFN2O3/c1-8-4-5-18(13(8)14(20)21)7-12(19)17-11-3-2-9(15)6-10(11)16/h2-3,6,8,13H,4-5,7H2,1H3,(H,17,19)(H,20,21). The smallest absolute Gasteiger partial charge is 0.321 e. The van der Waals surface area contributed by atoms with E-state index in [-0.39, 0.29) is 23.2 Å². The molecule has 1 aliphatic heterocycles. The van der Waals surface area contributed by atoms with Gasteiger partial charge in [0.2, 0.25) is 5.91 Å². The van der Waals surface area contributed by atoms with Crippen molar-refractivity contribution in [3.63, 3.8) is 0 Å². The van der Waals surface area contributed by atoms with E-state index in [1.165, 1.54) is 12.1 Å². The third-order valence-corrected chi connectivity index (χ3v) is 3.84. The van der Waals surface area contributed by atoms with Crippen molar-refractivity contribution in [2.24, 2.45) is 5.92 Å². The summed E-state index contributed by atoms with van der Waals surface area (Å²) < 4.78 is 13.6. The second-order valence-corrected chi connectivity index (χ2v) is 5.63. The van der Waals surface area contributed by atoms with Crippen molar-refractivity contribution in [2.75, 3.05) is 18.4 Å². The third kappa shape index (κ3) is 3.71. The van der Waals surface area contributed by atoms with E-state index in [1.807, 2.05) is 6.92 Å². The Labute approximate surface area is 126 Å². The Morgan fingerprint density at radius 1 is 1.52 bits per heavy atom. The summed E-state index contributed by atoms with van der Waals surface area (Å²) in [5.41, 5.74) is 0.0310. The average Bonchev–Trinajstić information content (AvgIpc) is 2.74. The molecule has 2 N–H and O–H groups in total. The van der Waals surface area contributed by atoms with Crippen LogP contribution in [0.1, 0.15) is 13.3 Å². The first kappa shape index (κ1) is 15.7. The van der Waals surface area contributed by atoms with E-state index >= 15 is 0 Å². The number of nitrogens with zero attached hydrogens (tertiary/aromatic N) is 1. The van der Waals surface area contributed by atoms with Crippen molar-refractivity contribution in [2.45, 2.75) is 19.4 Å². The summed E-state index contributed by atoms with van der Waals surface area (Å²) in [6, 6.07) is 3.27. The maximum Gasteiger partial charge on any atom is 0.321 e. The Morgan fingerprint density at radius 2 is 2.24 bits per heavy atom. The van der Waals surface area contributed by atoms with Crippen molar-refractivity contribution in [1.29, 1.82) is 0 Å². The van der Waals surface area contributed by atoms with Gasteiger partial charge in [-0.3, -0.25) is 14.5 Å². The van der Waals surface area contributed by atoms with Gasteiger partial charge >= 0.3 is 5.97 Å². The highest BCUT2D eigenvalue weighted by Gasteiger charge is 2.37. The molecule has 1 heterocycles. The molecule has 5 nitrogen and oxygen atoms in total. The van der Waals surface area contributed by atoms with Crippen LogP contribution < -0.4 is 5.32 Å². The molecule has 0 saturated carbocycles. The van der Waals surface area contributed by atoms with Gasteiger partial charge < -0.3 is 10.4 Å². The molecule has 0 aromatic heterocycles. The highest BCUT2D eigenvalue weighted by atomic mass is 35.5. The third-order valence-electron chi connectivity index (χ3n) is 3.61. The molecule has 0 bridgehead atoms. The summed E-state index contributed by atoms with van der Waals surface area (Å²) in [5.74, 6) is -2.02. The van der Waals surface area contributed by atoms with Gasteiger partial charge in [-0.2, -0.15) is 0 Å². The van der Waals surface area contributed by atoms with Gasteiger partial charge in [-0.25, -0.2) is 4.39 Å². The average molecular weight is 315 g/mol. The normalized spacial score (nSPS) is 22.2. The van der Waals surface area contributed by atoms with Gasteiger partial charge in [0.15, 0.2) is 0 Å². The number of carbonyl (C=O) groups excluding carboxylic acids is 1. The van der Waals surface area contributed by atoms with Gasteiger partial charge in [-0.15, -0.1) is 0 Å². The number of benzene rings is 1. The maximum atomic E-state index is 13.6. The van der Waals surface area contributed by atoms with E-state index in [1.54, 1.807) is 4.90 Å². The monoisotopic (exact) mass is 314 g/mol. The summed E-state index contributed by atoms with van der Waals surface area (Å²) in [6.07, 6.45) is 0.722. The van der Waals surface area contributed by atoms with Gasteiger partial charge in [0, 0.05) is 5.02 Å². The lowest BCUT2D eigenvalue weighted by atomic mass is 10.0. The topological polar surface area (TPSA) is 69.6 Å². The summed E-state index contributed by atoms with van der Waals surface area (Å²) in [7, 11) is 0. The molecule has 1 aromatic rings. The van der Waals surface area contributed by atoms with Crippen LogP contribution in [0.25, 0.3) is 0 Å². The molecular weight excluding hydrogens is 299 g/mol. The van der Waals surface area contributed by atoms with E-state index in [0.29, 0.717) is 6.54 Å². The predicted molar refractivity (Wildman–Crippen MR) is 76.8 cm³/mol. The van der Waals surface area contributed by atoms with Crippen molar-refractivity contribution >= 4 is 29.2 Å². The van der Waals surface area contributed by atoms with E-state index in [4.69, 9.17) is 11.6 Å². The van der Waals surface area contributed by atoms with E-state index in [2.05, 4.69) is 5.32 Å². The number of amides is 1. The Bertz CT molecular complexity index is 567. The van der Waals surface area contributed by atoms with Crippen LogP contribution >= 0.6 is 11.6 Å². The SMILES string of the molecule is CC1CCN(CC(=O)Nc2ccc(Cl)cc2F)C1C(=O)O. The second kappa shape index (κ2) is 6.41. The van der Waals surface area contributed by atoms with Crippen molar-refractivity contribution in [3.05, 3.63) is 29.0 Å². The number of hydrogen-bond donors (Lipinski definition) is 2. The summed E-state index contributed by atoms with van der Waals surface area (Å²) in [6.45, 7) is 2.30. The Balaban J connectivity index is 2.00. The predicted octanol–water partition coefficient (Wildman–Crippen LogP) is 2.21. The summed E-state index contributed by atoms with van der Waals surface area (Å²) in [4.78, 5) is 24.7. The van der Waals surface area contributed by atoms with Gasteiger partial charge in [-0.1, -0.05) is 18.5 Å². The van der Waals surface area contributed by atoms with Crippen molar-refractivity contribution in [3.8, 4) is 0 Å². The number of rotatable bonds is 4. The molecule has 114 valence electrons. The molecule has 7 heteroatoms. The fraction of sp³-hybridized carbons (Fsp3) is 0.429. The van der Waals surface area contributed by atoms with Gasteiger partial charge in [0.1, 0.15) is 11.9 Å². The molecule has 1 aliphatic rings. The van der Waals surface area contributed by atoms with Crippen molar-refractivity contribution in [1.82, 2.24) is 4.90 Å². The number of anilines is 1. The number of hydrogen-bond acceptors (Lipinski definition) is 3. The van der Waals surface area contributed by atoms with Crippen molar-refractivity contribution < 1.29 is 19.1 Å². The fourth-order valence-electron chi connectivity index (χ4n) is 2.57. The number of carboxylic acids is 1. The quantitative estimate of drug-likeness (QED) is 0.894. The summed E-state index contributed by atoms with van der Waals surface area (Å²) in [5, 5.41) is 11.9. The van der Waals surface area contributed by atoms with Gasteiger partial charge in [0.25, 0.3) is 0 Å². The van der Waals surface area contributed by atoms with Crippen LogP contribution in [0.3, 0.4) is 0 Å². The lowest BCUT2D eigenvalue weighted by Gasteiger charge is -2.22. The zero-order valence-corrected chi connectivity index (χ0v) is 12.2. The van der Waals surface area contributed by atoms with Crippen LogP contribution in [0.15, 0.2) is 18.2 Å². The number of likely N-dealkylation sites (tertiary alicyclic amines) is 1. The zero-order valence-electron chi connectivity index (χ0n) is 11.5. The van der Waals surface area contributed by atoms with E-state index < -0.39 is 23.7 Å². The molecule has 0 radical (unpaired) electrons. The first-order valence-corrected chi connectivity index (χ1v) is 6.98. The molecular formula is C14H16ClFN2O3. The Kier molecular flexibility index (Phi) is 4.80. The fourth-order valence-corrected chi connectivity index (χ4v) is 2.73. The van der Waals surface area contributed by atoms with Crippen LogP contribution in [-0.4, -0.2) is 41.0 Å². The first-order chi connectivity index (χ1) is 9.88. The van der Waals surface area contributed by atoms with Gasteiger partial charge in [0.05, 0.1) is 12.2 Å². The molecule has 1 fully saturated rings. The van der Waals surface area contributed by atoms with Crippen LogP contribution in [0.4, 0.5) is 10.1 Å². The first-order valence-electron chi connectivity index (χ1n) is 6.60. The van der Waals surface area contributed by atoms with Crippen LogP contribution in [0, 0.1) is 11.7 Å². The summed E-state index contributed by atoms with van der Waals surface area (Å²) >= 11 is 5.63. The largest absolute Gasteiger partial charge is 0.480 e. The molecule has 0 spiro atoms. The molecule has 2 atom stereocenters. The number of nitrogens with one attached hydrogen (secondary N) is 1. The van der Waals surface area contributed by atoms with Crippen LogP contribution in [0.5, 0.6) is 0 Å². The Morgan fingerprint density at radius 3 is 2.86 bits per heavy atom. The van der Waals surface area contributed by atoms with E-state index in [9.17, 15) is 19.1 Å². The lowest BCUT2D eigenvalue weighted by Crippen LogP contribution is -2.43.